The van der Waals surface area contributed by atoms with Crippen molar-refractivity contribution in [2.24, 2.45) is 0 Å². The van der Waals surface area contributed by atoms with E-state index in [0.717, 1.165) is 12.8 Å². The van der Waals surface area contributed by atoms with E-state index in [2.05, 4.69) is 50.0 Å². The van der Waals surface area contributed by atoms with Crippen molar-refractivity contribution in [3.8, 4) is 0 Å². The Labute approximate surface area is 93.2 Å². The molecule has 1 N–H and O–H groups in total. The van der Waals surface area contributed by atoms with Crippen molar-refractivity contribution in [2.75, 3.05) is 7.05 Å². The molecule has 0 saturated carbocycles. The lowest BCUT2D eigenvalue weighted by Gasteiger charge is -2.17. The molecule has 1 atom stereocenters. The first-order chi connectivity index (χ1) is 7.13. The lowest BCUT2D eigenvalue weighted by Crippen LogP contribution is -2.27. The third-order valence-electron chi connectivity index (χ3n) is 2.73. The molecular formula is C14H21N. The van der Waals surface area contributed by atoms with Crippen LogP contribution in [0.4, 0.5) is 0 Å². The molecule has 1 aromatic rings. The molecule has 0 heterocycles. The van der Waals surface area contributed by atoms with Crippen molar-refractivity contribution in [1.82, 2.24) is 5.32 Å². The van der Waals surface area contributed by atoms with Crippen molar-refractivity contribution in [2.45, 2.75) is 32.7 Å². The molecular weight excluding hydrogens is 182 g/mol. The van der Waals surface area contributed by atoms with Crippen LogP contribution in [0.15, 0.2) is 36.4 Å². The fraction of sp³-hybridized carbons (Fsp3) is 0.429. The van der Waals surface area contributed by atoms with Gasteiger partial charge in [-0.3, -0.25) is 0 Å². The number of benzene rings is 1. The molecule has 1 unspecified atom stereocenters. The van der Waals surface area contributed by atoms with Crippen LogP contribution in [0.1, 0.15) is 24.5 Å². The zero-order valence-electron chi connectivity index (χ0n) is 10.0. The quantitative estimate of drug-likeness (QED) is 0.725. The average Bonchev–Trinajstić information content (AvgIpc) is 2.19. The molecule has 0 saturated heterocycles. The summed E-state index contributed by atoms with van der Waals surface area (Å²) in [6.45, 7) is 8.22. The largest absolute Gasteiger partial charge is 0.316 e. The van der Waals surface area contributed by atoms with Crippen LogP contribution in [-0.4, -0.2) is 13.1 Å². The molecule has 0 radical (unpaired) electrons. The van der Waals surface area contributed by atoms with E-state index in [1.54, 1.807) is 0 Å². The van der Waals surface area contributed by atoms with E-state index in [1.807, 2.05) is 7.05 Å². The normalized spacial score (nSPS) is 12.5. The highest BCUT2D eigenvalue weighted by Crippen LogP contribution is 2.13. The smallest absolute Gasteiger partial charge is 0.0141 e. The fourth-order valence-electron chi connectivity index (χ4n) is 1.80. The van der Waals surface area contributed by atoms with Gasteiger partial charge in [-0.2, -0.15) is 0 Å². The Kier molecular flexibility index (Phi) is 4.57. The van der Waals surface area contributed by atoms with Crippen LogP contribution in [0.5, 0.6) is 0 Å². The summed E-state index contributed by atoms with van der Waals surface area (Å²) in [6.07, 6.45) is 2.13. The van der Waals surface area contributed by atoms with Gasteiger partial charge in [0.05, 0.1) is 0 Å². The van der Waals surface area contributed by atoms with Gasteiger partial charge in [-0.15, -0.1) is 6.58 Å². The van der Waals surface area contributed by atoms with Gasteiger partial charge in [0.15, 0.2) is 0 Å². The van der Waals surface area contributed by atoms with Crippen molar-refractivity contribution < 1.29 is 0 Å². The summed E-state index contributed by atoms with van der Waals surface area (Å²) in [5.41, 5.74) is 4.04. The standard InChI is InChI=1S/C14H21N/c1-11(2)9-14(15-4)10-13-8-6-5-7-12(13)3/h5-8,14-15H,1,9-10H2,2-4H3. The van der Waals surface area contributed by atoms with Gasteiger partial charge in [-0.1, -0.05) is 29.8 Å². The summed E-state index contributed by atoms with van der Waals surface area (Å²) >= 11 is 0. The summed E-state index contributed by atoms with van der Waals surface area (Å²) in [4.78, 5) is 0. The Morgan fingerprint density at radius 3 is 2.60 bits per heavy atom. The van der Waals surface area contributed by atoms with E-state index >= 15 is 0 Å². The van der Waals surface area contributed by atoms with Crippen LogP contribution in [0.25, 0.3) is 0 Å². The van der Waals surface area contributed by atoms with Crippen LogP contribution < -0.4 is 5.32 Å². The van der Waals surface area contributed by atoms with Crippen molar-refractivity contribution in [3.63, 3.8) is 0 Å². The summed E-state index contributed by atoms with van der Waals surface area (Å²) < 4.78 is 0. The molecule has 0 aliphatic carbocycles. The maximum Gasteiger partial charge on any atom is 0.0141 e. The second-order valence-corrected chi connectivity index (χ2v) is 4.28. The van der Waals surface area contributed by atoms with Gasteiger partial charge in [0.1, 0.15) is 0 Å². The third kappa shape index (κ3) is 3.88. The highest BCUT2D eigenvalue weighted by atomic mass is 14.9. The average molecular weight is 203 g/mol. The van der Waals surface area contributed by atoms with Crippen LogP contribution in [-0.2, 0) is 6.42 Å². The molecule has 0 fully saturated rings. The zero-order chi connectivity index (χ0) is 11.3. The Morgan fingerprint density at radius 1 is 1.40 bits per heavy atom. The van der Waals surface area contributed by atoms with Crippen molar-refractivity contribution >= 4 is 0 Å². The highest BCUT2D eigenvalue weighted by Gasteiger charge is 2.08. The Bertz CT molecular complexity index is 328. The van der Waals surface area contributed by atoms with E-state index in [-0.39, 0.29) is 0 Å². The Balaban J connectivity index is 2.66. The van der Waals surface area contributed by atoms with Crippen molar-refractivity contribution in [1.29, 1.82) is 0 Å². The maximum absolute atomic E-state index is 3.97. The van der Waals surface area contributed by atoms with E-state index in [1.165, 1.54) is 16.7 Å². The molecule has 0 spiro atoms. The molecule has 0 aliphatic rings. The molecule has 1 aromatic carbocycles. The number of likely N-dealkylation sites (N-methyl/N-ethyl adjacent to an activating group) is 1. The molecule has 15 heavy (non-hydrogen) atoms. The van der Waals surface area contributed by atoms with Gasteiger partial charge in [0, 0.05) is 6.04 Å². The number of nitrogens with one attached hydrogen (secondary N) is 1. The first-order valence-corrected chi connectivity index (χ1v) is 5.49. The van der Waals surface area contributed by atoms with E-state index < -0.39 is 0 Å². The number of aryl methyl sites for hydroxylation is 1. The second kappa shape index (κ2) is 5.72. The fourth-order valence-corrected chi connectivity index (χ4v) is 1.80. The monoisotopic (exact) mass is 203 g/mol. The van der Waals surface area contributed by atoms with E-state index in [0.29, 0.717) is 6.04 Å². The molecule has 0 amide bonds. The summed E-state index contributed by atoms with van der Waals surface area (Å²) in [6, 6.07) is 9.08. The van der Waals surface area contributed by atoms with Crippen LogP contribution in [0.3, 0.4) is 0 Å². The molecule has 0 bridgehead atoms. The molecule has 82 valence electrons. The molecule has 0 aliphatic heterocycles. The maximum atomic E-state index is 3.97. The first-order valence-electron chi connectivity index (χ1n) is 5.49. The van der Waals surface area contributed by atoms with Gasteiger partial charge >= 0.3 is 0 Å². The minimum Gasteiger partial charge on any atom is -0.316 e. The summed E-state index contributed by atoms with van der Waals surface area (Å²) in [5.74, 6) is 0. The molecule has 0 aromatic heterocycles. The predicted molar refractivity (Wildman–Crippen MR) is 67.2 cm³/mol. The van der Waals surface area contributed by atoms with Gasteiger partial charge in [-0.25, -0.2) is 0 Å². The minimum atomic E-state index is 0.503. The highest BCUT2D eigenvalue weighted by molar-refractivity contribution is 5.26. The van der Waals surface area contributed by atoms with Crippen LogP contribution in [0.2, 0.25) is 0 Å². The molecule has 1 rings (SSSR count). The van der Waals surface area contributed by atoms with Crippen LogP contribution >= 0.6 is 0 Å². The summed E-state index contributed by atoms with van der Waals surface area (Å²) in [7, 11) is 2.02. The topological polar surface area (TPSA) is 12.0 Å². The number of hydrogen-bond acceptors (Lipinski definition) is 1. The van der Waals surface area contributed by atoms with Gasteiger partial charge in [0.2, 0.25) is 0 Å². The van der Waals surface area contributed by atoms with Crippen LogP contribution in [0, 0.1) is 6.92 Å². The lowest BCUT2D eigenvalue weighted by molar-refractivity contribution is 0.553. The molecule has 1 heteroatoms. The minimum absolute atomic E-state index is 0.503. The molecule has 1 nitrogen and oxygen atoms in total. The SMILES string of the molecule is C=C(C)CC(Cc1ccccc1C)NC. The number of hydrogen-bond donors (Lipinski definition) is 1. The Morgan fingerprint density at radius 2 is 2.07 bits per heavy atom. The third-order valence-corrected chi connectivity index (χ3v) is 2.73. The first kappa shape index (κ1) is 12.0. The Hall–Kier alpha value is -1.08. The van der Waals surface area contributed by atoms with Gasteiger partial charge < -0.3 is 5.32 Å². The number of rotatable bonds is 5. The van der Waals surface area contributed by atoms with Gasteiger partial charge in [-0.05, 0) is 44.9 Å². The zero-order valence-corrected chi connectivity index (χ0v) is 10.0. The second-order valence-electron chi connectivity index (χ2n) is 4.28. The van der Waals surface area contributed by atoms with Crippen molar-refractivity contribution in [3.05, 3.63) is 47.5 Å². The van der Waals surface area contributed by atoms with E-state index in [9.17, 15) is 0 Å². The predicted octanol–water partition coefficient (Wildman–Crippen LogP) is 3.09. The van der Waals surface area contributed by atoms with E-state index in [4.69, 9.17) is 0 Å². The summed E-state index contributed by atoms with van der Waals surface area (Å²) in [5, 5.41) is 3.35. The lowest BCUT2D eigenvalue weighted by atomic mass is 9.97. The van der Waals surface area contributed by atoms with Gasteiger partial charge in [0.25, 0.3) is 0 Å².